The van der Waals surface area contributed by atoms with Gasteiger partial charge < -0.3 is 9.47 Å². The zero-order valence-corrected chi connectivity index (χ0v) is 12.2. The molecule has 2 atom stereocenters. The van der Waals surface area contributed by atoms with E-state index >= 15 is 0 Å². The molecule has 2 unspecified atom stereocenters. The van der Waals surface area contributed by atoms with Crippen LogP contribution in [0.1, 0.15) is 25.7 Å². The van der Waals surface area contributed by atoms with Gasteiger partial charge in [-0.25, -0.2) is 13.4 Å². The summed E-state index contributed by atoms with van der Waals surface area (Å²) in [6.45, 7) is 0. The summed E-state index contributed by atoms with van der Waals surface area (Å²) in [6.07, 6.45) is 5.37. The normalized spacial score (nSPS) is 24.1. The predicted octanol–water partition coefficient (Wildman–Crippen LogP) is 2.35. The molecule has 0 N–H and O–H groups in total. The molecule has 0 aromatic carbocycles. The fourth-order valence-corrected chi connectivity index (χ4v) is 2.86. The number of methoxy groups -OCH3 is 1. The van der Waals surface area contributed by atoms with E-state index in [9.17, 15) is 8.42 Å². The Labute approximate surface area is 117 Å². The molecule has 0 saturated heterocycles. The van der Waals surface area contributed by atoms with Gasteiger partial charge in [0, 0.05) is 30.3 Å². The molecule has 5 nitrogen and oxygen atoms in total. The van der Waals surface area contributed by atoms with Crippen molar-refractivity contribution < 1.29 is 17.9 Å². The SMILES string of the molecule is COC1CCCC(Oc2ccc(S(=O)(=O)Cl)cn2)C1. The van der Waals surface area contributed by atoms with Crippen LogP contribution in [0.2, 0.25) is 0 Å². The number of ether oxygens (including phenoxy) is 2. The average Bonchev–Trinajstić information content (AvgIpc) is 2.38. The lowest BCUT2D eigenvalue weighted by Crippen LogP contribution is -2.29. The van der Waals surface area contributed by atoms with Gasteiger partial charge >= 0.3 is 0 Å². The molecule has 1 fully saturated rings. The lowest BCUT2D eigenvalue weighted by molar-refractivity contribution is 0.0195. The minimum atomic E-state index is -3.73. The summed E-state index contributed by atoms with van der Waals surface area (Å²) in [7, 11) is 3.18. The summed E-state index contributed by atoms with van der Waals surface area (Å²) in [5.41, 5.74) is 0. The van der Waals surface area contributed by atoms with E-state index < -0.39 is 9.05 Å². The molecule has 0 aliphatic heterocycles. The minimum Gasteiger partial charge on any atom is -0.474 e. The molecule has 1 aliphatic rings. The first-order valence-electron chi connectivity index (χ1n) is 6.09. The molecule has 1 saturated carbocycles. The molecule has 2 rings (SSSR count). The molecule has 7 heteroatoms. The van der Waals surface area contributed by atoms with Crippen molar-refractivity contribution in [1.82, 2.24) is 4.98 Å². The molecule has 0 spiro atoms. The number of pyridine rings is 1. The number of hydrogen-bond acceptors (Lipinski definition) is 5. The maximum absolute atomic E-state index is 11.1. The lowest BCUT2D eigenvalue weighted by atomic mass is 9.95. The Kier molecular flexibility index (Phi) is 4.65. The van der Waals surface area contributed by atoms with Crippen molar-refractivity contribution in [3.63, 3.8) is 0 Å². The fourth-order valence-electron chi connectivity index (χ4n) is 2.17. The molecule has 1 heterocycles. The molecule has 0 amide bonds. The summed E-state index contributed by atoms with van der Waals surface area (Å²) < 4.78 is 33.2. The Hall–Kier alpha value is -0.850. The van der Waals surface area contributed by atoms with Gasteiger partial charge in [-0.15, -0.1) is 0 Å². The van der Waals surface area contributed by atoms with Crippen LogP contribution in [0, 0.1) is 0 Å². The van der Waals surface area contributed by atoms with Gasteiger partial charge in [0.05, 0.1) is 12.3 Å². The van der Waals surface area contributed by atoms with Crippen molar-refractivity contribution in [2.24, 2.45) is 0 Å². The van der Waals surface area contributed by atoms with Crippen molar-refractivity contribution >= 4 is 19.7 Å². The second-order valence-electron chi connectivity index (χ2n) is 4.53. The zero-order chi connectivity index (χ0) is 13.9. The van der Waals surface area contributed by atoms with Gasteiger partial charge in [0.2, 0.25) is 5.88 Å². The molecular weight excluding hydrogens is 290 g/mol. The van der Waals surface area contributed by atoms with E-state index in [1.54, 1.807) is 7.11 Å². The van der Waals surface area contributed by atoms with E-state index in [0.29, 0.717) is 5.88 Å². The molecule has 19 heavy (non-hydrogen) atoms. The molecule has 106 valence electrons. The second-order valence-corrected chi connectivity index (χ2v) is 7.10. The molecular formula is C12H16ClNO4S. The van der Waals surface area contributed by atoms with Gasteiger partial charge in [-0.3, -0.25) is 0 Å². The summed E-state index contributed by atoms with van der Waals surface area (Å²) in [5, 5.41) is 0. The highest BCUT2D eigenvalue weighted by molar-refractivity contribution is 8.13. The first-order chi connectivity index (χ1) is 8.99. The van der Waals surface area contributed by atoms with Crippen molar-refractivity contribution in [3.05, 3.63) is 18.3 Å². The van der Waals surface area contributed by atoms with E-state index in [1.807, 2.05) is 0 Å². The standard InChI is InChI=1S/C12H16ClNO4S/c1-17-9-3-2-4-10(7-9)18-12-6-5-11(8-14-12)19(13,15)16/h5-6,8-10H,2-4,7H2,1H3. The van der Waals surface area contributed by atoms with Crippen LogP contribution >= 0.6 is 10.7 Å². The third-order valence-electron chi connectivity index (χ3n) is 3.19. The number of rotatable bonds is 4. The first kappa shape index (κ1) is 14.6. The van der Waals surface area contributed by atoms with Gasteiger partial charge in [-0.05, 0) is 25.3 Å². The van der Waals surface area contributed by atoms with Gasteiger partial charge in [-0.1, -0.05) is 0 Å². The van der Waals surface area contributed by atoms with E-state index in [4.69, 9.17) is 20.2 Å². The summed E-state index contributed by atoms with van der Waals surface area (Å²) >= 11 is 0. The summed E-state index contributed by atoms with van der Waals surface area (Å²) in [6, 6.07) is 2.91. The van der Waals surface area contributed by atoms with Crippen LogP contribution in [-0.4, -0.2) is 32.7 Å². The Morgan fingerprint density at radius 1 is 1.32 bits per heavy atom. The second kappa shape index (κ2) is 6.07. The van der Waals surface area contributed by atoms with Gasteiger partial charge in [0.1, 0.15) is 11.0 Å². The van der Waals surface area contributed by atoms with Crippen LogP contribution in [0.15, 0.2) is 23.2 Å². The average molecular weight is 306 g/mol. The maximum atomic E-state index is 11.1. The fraction of sp³-hybridized carbons (Fsp3) is 0.583. The van der Waals surface area contributed by atoms with E-state index in [1.165, 1.54) is 18.3 Å². The van der Waals surface area contributed by atoms with Crippen LogP contribution < -0.4 is 4.74 Å². The maximum Gasteiger partial charge on any atom is 0.262 e. The van der Waals surface area contributed by atoms with Crippen LogP contribution in [0.3, 0.4) is 0 Å². The van der Waals surface area contributed by atoms with Crippen molar-refractivity contribution in [3.8, 4) is 5.88 Å². The number of hydrogen-bond donors (Lipinski definition) is 0. The van der Waals surface area contributed by atoms with Gasteiger partial charge in [0.15, 0.2) is 0 Å². The predicted molar refractivity (Wildman–Crippen MR) is 71.0 cm³/mol. The number of aromatic nitrogens is 1. The van der Waals surface area contributed by atoms with Crippen molar-refractivity contribution in [2.45, 2.75) is 42.8 Å². The van der Waals surface area contributed by atoms with E-state index in [2.05, 4.69) is 4.98 Å². The van der Waals surface area contributed by atoms with Crippen molar-refractivity contribution in [2.75, 3.05) is 7.11 Å². The first-order valence-corrected chi connectivity index (χ1v) is 8.40. The molecule has 1 aliphatic carbocycles. The monoisotopic (exact) mass is 305 g/mol. The quantitative estimate of drug-likeness (QED) is 0.799. The topological polar surface area (TPSA) is 65.5 Å². The third-order valence-corrected chi connectivity index (χ3v) is 4.53. The number of nitrogens with zero attached hydrogens (tertiary/aromatic N) is 1. The third kappa shape index (κ3) is 4.06. The number of halogens is 1. The van der Waals surface area contributed by atoms with Crippen LogP contribution in [0.5, 0.6) is 5.88 Å². The van der Waals surface area contributed by atoms with Crippen LogP contribution in [0.4, 0.5) is 0 Å². The minimum absolute atomic E-state index is 0.0278. The Bertz CT molecular complexity index is 517. The van der Waals surface area contributed by atoms with Gasteiger partial charge in [-0.2, -0.15) is 0 Å². The summed E-state index contributed by atoms with van der Waals surface area (Å²) in [5.74, 6) is 0.408. The Morgan fingerprint density at radius 3 is 2.63 bits per heavy atom. The highest BCUT2D eigenvalue weighted by Crippen LogP contribution is 2.25. The molecule has 1 aromatic heterocycles. The highest BCUT2D eigenvalue weighted by atomic mass is 35.7. The van der Waals surface area contributed by atoms with Crippen molar-refractivity contribution in [1.29, 1.82) is 0 Å². The van der Waals surface area contributed by atoms with E-state index in [0.717, 1.165) is 25.7 Å². The summed E-state index contributed by atoms with van der Waals surface area (Å²) in [4.78, 5) is 3.94. The lowest BCUT2D eigenvalue weighted by Gasteiger charge is -2.28. The Morgan fingerprint density at radius 2 is 2.05 bits per heavy atom. The largest absolute Gasteiger partial charge is 0.474 e. The highest BCUT2D eigenvalue weighted by Gasteiger charge is 2.23. The van der Waals surface area contributed by atoms with Gasteiger partial charge in [0.25, 0.3) is 9.05 Å². The Balaban J connectivity index is 2.00. The molecule has 1 aromatic rings. The smallest absolute Gasteiger partial charge is 0.262 e. The van der Waals surface area contributed by atoms with Crippen LogP contribution in [0.25, 0.3) is 0 Å². The zero-order valence-electron chi connectivity index (χ0n) is 10.6. The molecule has 0 bridgehead atoms. The van der Waals surface area contributed by atoms with E-state index in [-0.39, 0.29) is 17.1 Å². The van der Waals surface area contributed by atoms with Crippen LogP contribution in [-0.2, 0) is 13.8 Å². The molecule has 0 radical (unpaired) electrons.